The number of aromatic nitrogens is 3. The second kappa shape index (κ2) is 11.1. The van der Waals surface area contributed by atoms with Crippen LogP contribution in [0.3, 0.4) is 0 Å². The standard InChI is InChI=1S/C37H29N3S2/c1-26-33(27-18-19-34-32(24-27)31(22-23-38-34)35-20-21-36(41-2)42-35)25-40(39-26)37(28-12-6-3-7-13-28,29-14-8-4-9-15-29)30-16-10-5-11-17-30/h3-25H,1-2H3. The highest BCUT2D eigenvalue weighted by Crippen LogP contribution is 2.42. The lowest BCUT2D eigenvalue weighted by Crippen LogP contribution is -2.38. The molecule has 0 unspecified atom stereocenters. The van der Waals surface area contributed by atoms with Crippen molar-refractivity contribution in [3.05, 3.63) is 162 Å². The van der Waals surface area contributed by atoms with E-state index >= 15 is 0 Å². The maximum atomic E-state index is 5.26. The van der Waals surface area contributed by atoms with E-state index in [0.717, 1.165) is 44.4 Å². The van der Waals surface area contributed by atoms with Gasteiger partial charge < -0.3 is 0 Å². The van der Waals surface area contributed by atoms with Gasteiger partial charge in [0, 0.05) is 33.8 Å². The van der Waals surface area contributed by atoms with Crippen LogP contribution in [0.15, 0.2) is 144 Å². The lowest BCUT2D eigenvalue weighted by Gasteiger charge is -2.36. The highest BCUT2D eigenvalue weighted by molar-refractivity contribution is 8.00. The first kappa shape index (κ1) is 26.4. The number of nitrogens with zero attached hydrogens (tertiary/aromatic N) is 3. The van der Waals surface area contributed by atoms with Crippen LogP contribution < -0.4 is 0 Å². The lowest BCUT2D eigenvalue weighted by atomic mass is 9.77. The molecule has 0 fully saturated rings. The molecule has 0 aliphatic rings. The molecule has 0 N–H and O–H groups in total. The molecule has 0 spiro atoms. The van der Waals surface area contributed by atoms with Crippen molar-refractivity contribution in [2.45, 2.75) is 16.7 Å². The quantitative estimate of drug-likeness (QED) is 0.139. The predicted molar refractivity (Wildman–Crippen MR) is 177 cm³/mol. The van der Waals surface area contributed by atoms with E-state index in [9.17, 15) is 0 Å². The smallest absolute Gasteiger partial charge is 0.138 e. The third-order valence-corrected chi connectivity index (χ3v) is 10.1. The second-order valence-corrected chi connectivity index (χ2v) is 12.5. The average Bonchev–Trinajstić information content (AvgIpc) is 3.69. The zero-order chi connectivity index (χ0) is 28.5. The molecule has 0 saturated carbocycles. The molecule has 4 aromatic carbocycles. The van der Waals surface area contributed by atoms with Crippen molar-refractivity contribution in [2.24, 2.45) is 0 Å². The summed E-state index contributed by atoms with van der Waals surface area (Å²) in [7, 11) is 0. The zero-order valence-electron chi connectivity index (χ0n) is 23.4. The molecule has 7 aromatic rings. The molecular weight excluding hydrogens is 551 g/mol. The third-order valence-electron chi connectivity index (χ3n) is 7.92. The van der Waals surface area contributed by atoms with Gasteiger partial charge in [0.2, 0.25) is 0 Å². The number of hydrogen-bond donors (Lipinski definition) is 0. The van der Waals surface area contributed by atoms with E-state index in [1.165, 1.54) is 14.6 Å². The van der Waals surface area contributed by atoms with Crippen molar-refractivity contribution in [1.29, 1.82) is 0 Å². The molecule has 204 valence electrons. The number of thiophene rings is 1. The van der Waals surface area contributed by atoms with Gasteiger partial charge in [-0.2, -0.15) is 5.10 Å². The Kier molecular flexibility index (Phi) is 6.98. The van der Waals surface area contributed by atoms with Gasteiger partial charge in [0.05, 0.1) is 15.4 Å². The molecule has 3 nitrogen and oxygen atoms in total. The molecule has 0 radical (unpaired) electrons. The predicted octanol–water partition coefficient (Wildman–Crippen LogP) is 9.70. The SMILES string of the molecule is CSc1ccc(-c2ccnc3ccc(-c4cn(C(c5ccccc5)(c5ccccc5)c5ccccc5)nc4C)cc23)s1. The Morgan fingerprint density at radius 3 is 1.88 bits per heavy atom. The first-order chi connectivity index (χ1) is 20.7. The van der Waals surface area contributed by atoms with E-state index in [4.69, 9.17) is 10.1 Å². The van der Waals surface area contributed by atoms with Gasteiger partial charge in [-0.3, -0.25) is 9.67 Å². The van der Waals surface area contributed by atoms with Gasteiger partial charge in [0.15, 0.2) is 0 Å². The molecular formula is C37H29N3S2. The van der Waals surface area contributed by atoms with Gasteiger partial charge in [0.1, 0.15) is 5.54 Å². The summed E-state index contributed by atoms with van der Waals surface area (Å²) in [6, 6.07) is 45.2. The van der Waals surface area contributed by atoms with Crippen molar-refractivity contribution >= 4 is 34.0 Å². The minimum atomic E-state index is -0.651. The van der Waals surface area contributed by atoms with E-state index < -0.39 is 5.54 Å². The minimum Gasteiger partial charge on any atom is -0.256 e. The molecule has 0 atom stereocenters. The fraction of sp³-hybridized carbons (Fsp3) is 0.0811. The maximum absolute atomic E-state index is 5.26. The van der Waals surface area contributed by atoms with Crippen LogP contribution >= 0.6 is 23.1 Å². The van der Waals surface area contributed by atoms with E-state index in [1.54, 1.807) is 11.8 Å². The van der Waals surface area contributed by atoms with Crippen molar-refractivity contribution in [3.63, 3.8) is 0 Å². The van der Waals surface area contributed by atoms with Crippen LogP contribution in [0.5, 0.6) is 0 Å². The second-order valence-electron chi connectivity index (χ2n) is 10.3. The molecule has 3 heterocycles. The molecule has 5 heteroatoms. The average molecular weight is 580 g/mol. The number of thioether (sulfide) groups is 1. The number of benzene rings is 4. The fourth-order valence-electron chi connectivity index (χ4n) is 5.95. The Hall–Kier alpha value is -4.45. The number of pyridine rings is 1. The monoisotopic (exact) mass is 579 g/mol. The van der Waals surface area contributed by atoms with Crippen molar-refractivity contribution < 1.29 is 0 Å². The topological polar surface area (TPSA) is 30.7 Å². The van der Waals surface area contributed by atoms with Gasteiger partial charge in [-0.05, 0) is 65.8 Å². The summed E-state index contributed by atoms with van der Waals surface area (Å²) < 4.78 is 3.47. The Morgan fingerprint density at radius 1 is 0.690 bits per heavy atom. The summed E-state index contributed by atoms with van der Waals surface area (Å²) in [5.74, 6) is 0. The Bertz CT molecular complexity index is 1880. The minimum absolute atomic E-state index is 0.651. The number of rotatable bonds is 7. The molecule has 0 saturated heterocycles. The first-order valence-corrected chi connectivity index (χ1v) is 16.0. The van der Waals surface area contributed by atoms with Crippen molar-refractivity contribution in [2.75, 3.05) is 6.26 Å². The third kappa shape index (κ3) is 4.46. The normalized spacial score (nSPS) is 11.7. The highest BCUT2D eigenvalue weighted by atomic mass is 32.2. The molecule has 3 aromatic heterocycles. The van der Waals surface area contributed by atoms with Crippen LogP contribution in [0.2, 0.25) is 0 Å². The maximum Gasteiger partial charge on any atom is 0.138 e. The van der Waals surface area contributed by atoms with Crippen molar-refractivity contribution in [1.82, 2.24) is 14.8 Å². The summed E-state index contributed by atoms with van der Waals surface area (Å²) in [5, 5.41) is 6.41. The largest absolute Gasteiger partial charge is 0.256 e. The van der Waals surface area contributed by atoms with E-state index in [1.807, 2.05) is 17.5 Å². The Morgan fingerprint density at radius 2 is 1.31 bits per heavy atom. The summed E-state index contributed by atoms with van der Waals surface area (Å²) in [6.07, 6.45) is 6.25. The molecule has 0 amide bonds. The Balaban J connectivity index is 1.45. The van der Waals surface area contributed by atoms with Gasteiger partial charge >= 0.3 is 0 Å². The fourth-order valence-corrected chi connectivity index (χ4v) is 7.54. The number of hydrogen-bond acceptors (Lipinski definition) is 4. The van der Waals surface area contributed by atoms with E-state index in [-0.39, 0.29) is 0 Å². The van der Waals surface area contributed by atoms with Crippen LogP contribution in [0.1, 0.15) is 22.4 Å². The van der Waals surface area contributed by atoms with Crippen molar-refractivity contribution in [3.8, 4) is 21.6 Å². The summed E-state index contributed by atoms with van der Waals surface area (Å²) >= 11 is 3.61. The molecule has 0 aliphatic carbocycles. The van der Waals surface area contributed by atoms with E-state index in [0.29, 0.717) is 0 Å². The van der Waals surface area contributed by atoms with Gasteiger partial charge in [-0.15, -0.1) is 23.1 Å². The van der Waals surface area contributed by atoms with Crippen LogP contribution in [-0.4, -0.2) is 21.0 Å². The van der Waals surface area contributed by atoms with Gasteiger partial charge in [0.25, 0.3) is 0 Å². The molecule has 7 rings (SSSR count). The van der Waals surface area contributed by atoms with Crippen LogP contribution in [0, 0.1) is 6.92 Å². The van der Waals surface area contributed by atoms with Gasteiger partial charge in [-0.1, -0.05) is 97.1 Å². The lowest BCUT2D eigenvalue weighted by molar-refractivity contribution is 0.458. The van der Waals surface area contributed by atoms with Crippen LogP contribution in [0.4, 0.5) is 0 Å². The number of fused-ring (bicyclic) bond motifs is 1. The summed E-state index contributed by atoms with van der Waals surface area (Å²) in [4.78, 5) is 5.95. The highest BCUT2D eigenvalue weighted by Gasteiger charge is 2.39. The molecule has 0 bridgehead atoms. The zero-order valence-corrected chi connectivity index (χ0v) is 25.1. The molecule has 0 aliphatic heterocycles. The van der Waals surface area contributed by atoms with Crippen LogP contribution in [0.25, 0.3) is 32.5 Å². The molecule has 42 heavy (non-hydrogen) atoms. The summed E-state index contributed by atoms with van der Waals surface area (Å²) in [6.45, 7) is 2.11. The Labute approximate surface area is 254 Å². The summed E-state index contributed by atoms with van der Waals surface area (Å²) in [5.41, 5.74) is 8.24. The first-order valence-electron chi connectivity index (χ1n) is 13.9. The van der Waals surface area contributed by atoms with Gasteiger partial charge in [-0.25, -0.2) is 0 Å². The van der Waals surface area contributed by atoms with Crippen LogP contribution in [-0.2, 0) is 5.54 Å². The number of aryl methyl sites for hydroxylation is 1. The van der Waals surface area contributed by atoms with E-state index in [2.05, 4.69) is 151 Å².